The first-order valence-electron chi connectivity index (χ1n) is 13.5. The molecule has 0 radical (unpaired) electrons. The van der Waals surface area contributed by atoms with Crippen LogP contribution in [0, 0.1) is 5.41 Å². The van der Waals surface area contributed by atoms with Gasteiger partial charge in [-0.05, 0) is 86.4 Å². The number of carbonyl (C=O) groups is 2. The van der Waals surface area contributed by atoms with E-state index in [9.17, 15) is 9.59 Å². The molecule has 1 aliphatic rings. The number of methoxy groups -OCH3 is 1. The van der Waals surface area contributed by atoms with Gasteiger partial charge in [-0.3, -0.25) is 9.69 Å². The van der Waals surface area contributed by atoms with Gasteiger partial charge in [0, 0.05) is 25.3 Å². The van der Waals surface area contributed by atoms with Crippen molar-refractivity contribution in [2.75, 3.05) is 46.2 Å². The maximum atomic E-state index is 12.8. The van der Waals surface area contributed by atoms with Crippen LogP contribution in [0.1, 0.15) is 41.6 Å². The third-order valence-electron chi connectivity index (χ3n) is 7.23. The summed E-state index contributed by atoms with van der Waals surface area (Å²) in [5, 5.41) is 3.01. The second-order valence-electron chi connectivity index (χ2n) is 10.7. The molecule has 206 valence electrons. The predicted octanol–water partition coefficient (Wildman–Crippen LogP) is 5.83. The third kappa shape index (κ3) is 8.40. The highest BCUT2D eigenvalue weighted by molar-refractivity contribution is 5.92. The van der Waals surface area contributed by atoms with Crippen molar-refractivity contribution in [3.05, 3.63) is 90.0 Å². The van der Waals surface area contributed by atoms with E-state index in [0.29, 0.717) is 12.1 Å². The summed E-state index contributed by atoms with van der Waals surface area (Å²) in [7, 11) is 5.57. The molecular weight excluding hydrogens is 490 g/mol. The fourth-order valence-electron chi connectivity index (χ4n) is 5.60. The smallest absolute Gasteiger partial charge is 0.337 e. The highest BCUT2D eigenvalue weighted by Crippen LogP contribution is 2.39. The quantitative estimate of drug-likeness (QED) is 0.298. The summed E-state index contributed by atoms with van der Waals surface area (Å²) in [6, 6.07) is 24.7. The van der Waals surface area contributed by atoms with Gasteiger partial charge in [0.2, 0.25) is 5.91 Å². The van der Waals surface area contributed by atoms with E-state index in [1.165, 1.54) is 20.0 Å². The Morgan fingerprint density at radius 2 is 1.44 bits per heavy atom. The number of hydrogen-bond donors (Lipinski definition) is 1. The minimum absolute atomic E-state index is 0.0265. The van der Waals surface area contributed by atoms with E-state index >= 15 is 0 Å². The minimum Gasteiger partial charge on any atom is -0.465 e. The zero-order chi connectivity index (χ0) is 27.7. The maximum absolute atomic E-state index is 12.8. The van der Waals surface area contributed by atoms with Gasteiger partial charge >= 0.3 is 5.97 Å². The Labute approximate surface area is 231 Å². The molecule has 0 unspecified atom stereocenters. The van der Waals surface area contributed by atoms with Crippen LogP contribution in [0.4, 0.5) is 5.69 Å². The Bertz CT molecular complexity index is 1210. The lowest BCUT2D eigenvalue weighted by Crippen LogP contribution is -2.43. The molecule has 0 saturated heterocycles. The van der Waals surface area contributed by atoms with Crippen LogP contribution < -0.4 is 10.1 Å². The van der Waals surface area contributed by atoms with Gasteiger partial charge in [-0.1, -0.05) is 43.2 Å². The Morgan fingerprint density at radius 1 is 0.821 bits per heavy atom. The number of nitrogens with zero attached hydrogens (tertiary/aromatic N) is 2. The van der Waals surface area contributed by atoms with E-state index in [-0.39, 0.29) is 17.3 Å². The van der Waals surface area contributed by atoms with Crippen LogP contribution in [-0.4, -0.2) is 62.5 Å². The average Bonchev–Trinajstić information content (AvgIpc) is 3.37. The Balaban J connectivity index is 1.26. The molecule has 1 amide bonds. The maximum Gasteiger partial charge on any atom is 0.337 e. The average molecular weight is 530 g/mol. The number of rotatable bonds is 12. The zero-order valence-electron chi connectivity index (χ0n) is 23.2. The van der Waals surface area contributed by atoms with Gasteiger partial charge in [0.1, 0.15) is 11.5 Å². The molecule has 4 rings (SSSR count). The second kappa shape index (κ2) is 13.4. The molecule has 0 bridgehead atoms. The van der Waals surface area contributed by atoms with Gasteiger partial charge < -0.3 is 19.7 Å². The van der Waals surface area contributed by atoms with Gasteiger partial charge in [0.25, 0.3) is 0 Å². The minimum atomic E-state index is -0.319. The largest absolute Gasteiger partial charge is 0.465 e. The van der Waals surface area contributed by atoms with E-state index in [1.54, 1.807) is 0 Å². The molecule has 1 fully saturated rings. The number of hydrogen-bond acceptors (Lipinski definition) is 6. The highest BCUT2D eigenvalue weighted by Gasteiger charge is 2.36. The second-order valence-corrected chi connectivity index (χ2v) is 10.7. The van der Waals surface area contributed by atoms with E-state index in [1.807, 2.05) is 85.9 Å². The van der Waals surface area contributed by atoms with E-state index in [0.717, 1.165) is 55.2 Å². The van der Waals surface area contributed by atoms with Gasteiger partial charge in [-0.15, -0.1) is 0 Å². The van der Waals surface area contributed by atoms with E-state index < -0.39 is 0 Å². The van der Waals surface area contributed by atoms with Crippen LogP contribution in [0.5, 0.6) is 11.5 Å². The number of esters is 1. The Morgan fingerprint density at radius 3 is 2.08 bits per heavy atom. The number of nitrogens with one attached hydrogen (secondary N) is 1. The van der Waals surface area contributed by atoms with Crippen LogP contribution in [0.15, 0.2) is 78.9 Å². The molecule has 0 aromatic heterocycles. The number of amides is 1. The summed E-state index contributed by atoms with van der Waals surface area (Å²) in [5.41, 5.74) is 2.63. The van der Waals surface area contributed by atoms with Crippen LogP contribution >= 0.6 is 0 Å². The van der Waals surface area contributed by atoms with Crippen LogP contribution in [0.2, 0.25) is 0 Å². The number of carbonyl (C=O) groups excluding carboxylic acids is 2. The topological polar surface area (TPSA) is 71.1 Å². The summed E-state index contributed by atoms with van der Waals surface area (Å²) in [4.78, 5) is 29.0. The number of para-hydroxylation sites is 1. The van der Waals surface area contributed by atoms with Crippen molar-refractivity contribution in [2.45, 2.75) is 32.2 Å². The van der Waals surface area contributed by atoms with E-state index in [4.69, 9.17) is 9.47 Å². The lowest BCUT2D eigenvalue weighted by Gasteiger charge is -2.37. The van der Waals surface area contributed by atoms with Gasteiger partial charge in [0.15, 0.2) is 0 Å². The van der Waals surface area contributed by atoms with Crippen molar-refractivity contribution in [3.8, 4) is 11.5 Å². The molecule has 1 aliphatic carbocycles. The highest BCUT2D eigenvalue weighted by atomic mass is 16.5. The molecule has 0 heterocycles. The first kappa shape index (κ1) is 28.3. The van der Waals surface area contributed by atoms with Crippen molar-refractivity contribution >= 4 is 17.6 Å². The number of ether oxygens (including phenoxy) is 2. The molecule has 0 spiro atoms. The molecule has 1 N–H and O–H groups in total. The monoisotopic (exact) mass is 529 g/mol. The molecule has 7 nitrogen and oxygen atoms in total. The fourth-order valence-corrected chi connectivity index (χ4v) is 5.60. The lowest BCUT2D eigenvalue weighted by molar-refractivity contribution is -0.117. The first-order valence-corrected chi connectivity index (χ1v) is 13.5. The molecule has 0 atom stereocenters. The predicted molar refractivity (Wildman–Crippen MR) is 154 cm³/mol. The van der Waals surface area contributed by atoms with Crippen molar-refractivity contribution in [3.63, 3.8) is 0 Å². The molecule has 3 aromatic rings. The fraction of sp³-hybridized carbons (Fsp3) is 0.375. The molecule has 39 heavy (non-hydrogen) atoms. The molecular formula is C32H39N3O4. The lowest BCUT2D eigenvalue weighted by atomic mass is 9.84. The summed E-state index contributed by atoms with van der Waals surface area (Å²) < 4.78 is 10.6. The molecule has 1 saturated carbocycles. The van der Waals surface area contributed by atoms with Crippen molar-refractivity contribution in [2.24, 2.45) is 5.41 Å². The normalized spacial score (nSPS) is 14.4. The standard InChI is InChI=1S/C32H39N3O4/c1-34(21-25-11-13-26(14-12-25)31(37)38-3)23-32(19-7-8-20-32)24-35(2)22-30(36)33-27-15-17-29(18-16-27)39-28-9-5-4-6-10-28/h4-6,9-18H,7-8,19-24H2,1-3H3,(H,33,36). The van der Waals surface area contributed by atoms with Crippen molar-refractivity contribution in [1.82, 2.24) is 9.80 Å². The van der Waals surface area contributed by atoms with Crippen LogP contribution in [0.25, 0.3) is 0 Å². The number of likely N-dealkylation sites (N-methyl/N-ethyl adjacent to an activating group) is 1. The summed E-state index contributed by atoms with van der Waals surface area (Å²) in [5.74, 6) is 1.16. The van der Waals surface area contributed by atoms with Crippen molar-refractivity contribution < 1.29 is 19.1 Å². The Kier molecular flexibility index (Phi) is 9.74. The van der Waals surface area contributed by atoms with Crippen molar-refractivity contribution in [1.29, 1.82) is 0 Å². The van der Waals surface area contributed by atoms with Crippen LogP contribution in [-0.2, 0) is 16.1 Å². The summed E-state index contributed by atoms with van der Waals surface area (Å²) in [6.07, 6.45) is 4.76. The molecule has 3 aromatic carbocycles. The SMILES string of the molecule is COC(=O)c1ccc(CN(C)CC2(CN(C)CC(=O)Nc3ccc(Oc4ccccc4)cc3)CCCC2)cc1. The third-order valence-corrected chi connectivity index (χ3v) is 7.23. The first-order chi connectivity index (χ1) is 18.8. The Hall–Kier alpha value is -3.68. The molecule has 7 heteroatoms. The van der Waals surface area contributed by atoms with Crippen LogP contribution in [0.3, 0.4) is 0 Å². The number of benzene rings is 3. The summed E-state index contributed by atoms with van der Waals surface area (Å²) in [6.45, 7) is 2.97. The van der Waals surface area contributed by atoms with E-state index in [2.05, 4.69) is 22.2 Å². The van der Waals surface area contributed by atoms with Gasteiger partial charge in [0.05, 0.1) is 19.2 Å². The zero-order valence-corrected chi connectivity index (χ0v) is 23.2. The van der Waals surface area contributed by atoms with Gasteiger partial charge in [-0.2, -0.15) is 0 Å². The summed E-state index contributed by atoms with van der Waals surface area (Å²) >= 11 is 0. The van der Waals surface area contributed by atoms with Gasteiger partial charge in [-0.25, -0.2) is 4.79 Å². The number of anilines is 1. The molecule has 0 aliphatic heterocycles.